The maximum absolute atomic E-state index is 4.42. The van der Waals surface area contributed by atoms with E-state index < -0.39 is 0 Å². The first-order valence-corrected chi connectivity index (χ1v) is 6.01. The van der Waals surface area contributed by atoms with Crippen LogP contribution in [0.2, 0.25) is 0 Å². The van der Waals surface area contributed by atoms with Gasteiger partial charge in [0.05, 0.1) is 6.20 Å². The Morgan fingerprint density at radius 1 is 1.35 bits per heavy atom. The molecular formula is C13H16N4. The second kappa shape index (κ2) is 4.30. The maximum atomic E-state index is 4.42. The van der Waals surface area contributed by atoms with Gasteiger partial charge in [0.2, 0.25) is 0 Å². The second-order valence-corrected chi connectivity index (χ2v) is 4.64. The Bertz CT molecular complexity index is 496. The summed E-state index contributed by atoms with van der Waals surface area (Å²) in [6, 6.07) is 4.86. The van der Waals surface area contributed by atoms with Gasteiger partial charge < -0.3 is 5.32 Å². The van der Waals surface area contributed by atoms with Gasteiger partial charge in [-0.25, -0.2) is 9.67 Å². The van der Waals surface area contributed by atoms with Crippen molar-refractivity contribution in [3.8, 4) is 5.82 Å². The van der Waals surface area contributed by atoms with Gasteiger partial charge in [0, 0.05) is 25.0 Å². The molecule has 1 aliphatic rings. The fourth-order valence-corrected chi connectivity index (χ4v) is 1.74. The average molecular weight is 228 g/mol. The second-order valence-electron chi connectivity index (χ2n) is 4.64. The fraction of sp³-hybridized carbons (Fsp3) is 0.385. The molecule has 0 spiro atoms. The number of hydrogen-bond donors (Lipinski definition) is 1. The topological polar surface area (TPSA) is 42.7 Å². The van der Waals surface area contributed by atoms with Crippen molar-refractivity contribution in [3.63, 3.8) is 0 Å². The Labute approximate surface area is 101 Å². The van der Waals surface area contributed by atoms with Crippen molar-refractivity contribution in [1.82, 2.24) is 20.1 Å². The lowest BCUT2D eigenvalue weighted by atomic mass is 10.3. The van der Waals surface area contributed by atoms with Gasteiger partial charge in [-0.1, -0.05) is 6.07 Å². The highest BCUT2D eigenvalue weighted by atomic mass is 15.3. The molecule has 4 nitrogen and oxygen atoms in total. The van der Waals surface area contributed by atoms with Gasteiger partial charge in [-0.05, 0) is 37.0 Å². The molecule has 2 aromatic rings. The lowest BCUT2D eigenvalue weighted by molar-refractivity contribution is 0.685. The number of pyridine rings is 1. The van der Waals surface area contributed by atoms with Crippen LogP contribution in [0.25, 0.3) is 5.82 Å². The first-order valence-electron chi connectivity index (χ1n) is 6.01. The third kappa shape index (κ3) is 2.53. The first-order chi connectivity index (χ1) is 8.31. The van der Waals surface area contributed by atoms with Crippen molar-refractivity contribution in [2.75, 3.05) is 0 Å². The fourth-order valence-electron chi connectivity index (χ4n) is 1.74. The molecule has 0 aliphatic heterocycles. The average Bonchev–Trinajstić information content (AvgIpc) is 3.09. The Kier molecular flexibility index (Phi) is 2.65. The van der Waals surface area contributed by atoms with Crippen LogP contribution in [-0.4, -0.2) is 20.8 Å². The monoisotopic (exact) mass is 228 g/mol. The van der Waals surface area contributed by atoms with E-state index in [0.29, 0.717) is 0 Å². The molecule has 0 unspecified atom stereocenters. The number of rotatable bonds is 4. The molecule has 0 saturated heterocycles. The van der Waals surface area contributed by atoms with Crippen molar-refractivity contribution in [1.29, 1.82) is 0 Å². The maximum Gasteiger partial charge on any atom is 0.153 e. The molecule has 17 heavy (non-hydrogen) atoms. The van der Waals surface area contributed by atoms with E-state index in [9.17, 15) is 0 Å². The lowest BCUT2D eigenvalue weighted by Gasteiger charge is -2.04. The number of aromatic nitrogens is 3. The van der Waals surface area contributed by atoms with E-state index in [1.165, 1.54) is 18.4 Å². The summed E-state index contributed by atoms with van der Waals surface area (Å²) < 4.78 is 1.80. The minimum Gasteiger partial charge on any atom is -0.310 e. The Morgan fingerprint density at radius 3 is 2.82 bits per heavy atom. The van der Waals surface area contributed by atoms with Crippen LogP contribution in [0.4, 0.5) is 0 Å². The summed E-state index contributed by atoms with van der Waals surface area (Å²) >= 11 is 0. The van der Waals surface area contributed by atoms with Gasteiger partial charge in [-0.2, -0.15) is 5.10 Å². The van der Waals surface area contributed by atoms with Crippen LogP contribution < -0.4 is 5.32 Å². The molecule has 1 saturated carbocycles. The summed E-state index contributed by atoms with van der Waals surface area (Å²) in [5.74, 6) is 0.869. The number of nitrogens with one attached hydrogen (secondary N) is 1. The van der Waals surface area contributed by atoms with E-state index in [4.69, 9.17) is 0 Å². The summed E-state index contributed by atoms with van der Waals surface area (Å²) in [5.41, 5.74) is 2.37. The van der Waals surface area contributed by atoms with Crippen LogP contribution in [0, 0.1) is 6.92 Å². The Hall–Kier alpha value is -1.68. The molecule has 2 aromatic heterocycles. The molecule has 0 bridgehead atoms. The lowest BCUT2D eigenvalue weighted by Crippen LogP contribution is -2.15. The highest BCUT2D eigenvalue weighted by Gasteiger charge is 2.19. The van der Waals surface area contributed by atoms with E-state index >= 15 is 0 Å². The normalized spacial score (nSPS) is 15.1. The minimum absolute atomic E-state index is 0.739. The van der Waals surface area contributed by atoms with Gasteiger partial charge in [0.25, 0.3) is 0 Å². The molecule has 3 rings (SSSR count). The minimum atomic E-state index is 0.739. The van der Waals surface area contributed by atoms with Crippen molar-refractivity contribution >= 4 is 0 Å². The Balaban J connectivity index is 1.70. The number of hydrogen-bond acceptors (Lipinski definition) is 3. The highest BCUT2D eigenvalue weighted by Crippen LogP contribution is 2.19. The molecule has 4 heteroatoms. The quantitative estimate of drug-likeness (QED) is 0.868. The summed E-state index contributed by atoms with van der Waals surface area (Å²) in [4.78, 5) is 4.42. The molecule has 0 aromatic carbocycles. The van der Waals surface area contributed by atoms with Crippen LogP contribution in [0.15, 0.2) is 30.7 Å². The highest BCUT2D eigenvalue weighted by molar-refractivity contribution is 5.25. The van der Waals surface area contributed by atoms with Crippen LogP contribution in [-0.2, 0) is 6.54 Å². The molecule has 88 valence electrons. The van der Waals surface area contributed by atoms with Crippen molar-refractivity contribution in [2.45, 2.75) is 32.4 Å². The first kappa shape index (κ1) is 10.5. The van der Waals surface area contributed by atoms with E-state index in [1.54, 1.807) is 4.68 Å². The van der Waals surface area contributed by atoms with Gasteiger partial charge >= 0.3 is 0 Å². The van der Waals surface area contributed by atoms with Gasteiger partial charge in [0.1, 0.15) is 0 Å². The summed E-state index contributed by atoms with van der Waals surface area (Å²) in [6.45, 7) is 2.94. The van der Waals surface area contributed by atoms with Crippen molar-refractivity contribution in [3.05, 3.63) is 41.9 Å². The van der Waals surface area contributed by atoms with E-state index in [0.717, 1.165) is 24.0 Å². The zero-order valence-corrected chi connectivity index (χ0v) is 9.93. The SMILES string of the molecule is Cc1cnn(-c2ccc(CNC3CC3)cn2)c1. The molecule has 1 fully saturated rings. The molecule has 0 atom stereocenters. The number of nitrogens with zero attached hydrogens (tertiary/aromatic N) is 3. The smallest absolute Gasteiger partial charge is 0.153 e. The molecule has 0 radical (unpaired) electrons. The van der Waals surface area contributed by atoms with Gasteiger partial charge in [-0.15, -0.1) is 0 Å². The molecule has 1 aliphatic carbocycles. The largest absolute Gasteiger partial charge is 0.310 e. The van der Waals surface area contributed by atoms with Crippen LogP contribution in [0.1, 0.15) is 24.0 Å². The van der Waals surface area contributed by atoms with E-state index in [2.05, 4.69) is 21.5 Å². The standard InChI is InChI=1S/C13H16N4/c1-10-6-16-17(9-10)13-5-2-11(8-15-13)7-14-12-3-4-12/h2,5-6,8-9,12,14H,3-4,7H2,1H3. The summed E-state index contributed by atoms with van der Waals surface area (Å²) in [5, 5.41) is 7.71. The van der Waals surface area contributed by atoms with E-state index in [-0.39, 0.29) is 0 Å². The van der Waals surface area contributed by atoms with Crippen LogP contribution in [0.3, 0.4) is 0 Å². The predicted octanol–water partition coefficient (Wildman–Crippen LogP) is 1.83. The summed E-state index contributed by atoms with van der Waals surface area (Å²) in [7, 11) is 0. The molecule has 1 N–H and O–H groups in total. The molecule has 0 amide bonds. The van der Waals surface area contributed by atoms with Crippen molar-refractivity contribution in [2.24, 2.45) is 0 Å². The van der Waals surface area contributed by atoms with Crippen molar-refractivity contribution < 1.29 is 0 Å². The Morgan fingerprint density at radius 2 is 2.24 bits per heavy atom. The third-order valence-corrected chi connectivity index (χ3v) is 2.93. The molecular weight excluding hydrogens is 212 g/mol. The van der Waals surface area contributed by atoms with Crippen LogP contribution >= 0.6 is 0 Å². The van der Waals surface area contributed by atoms with E-state index in [1.807, 2.05) is 31.6 Å². The number of aryl methyl sites for hydroxylation is 1. The third-order valence-electron chi connectivity index (χ3n) is 2.93. The van der Waals surface area contributed by atoms with Crippen LogP contribution in [0.5, 0.6) is 0 Å². The predicted molar refractivity (Wildman–Crippen MR) is 66.0 cm³/mol. The zero-order valence-electron chi connectivity index (χ0n) is 9.93. The van der Waals surface area contributed by atoms with Gasteiger partial charge in [-0.3, -0.25) is 0 Å². The van der Waals surface area contributed by atoms with Gasteiger partial charge in [0.15, 0.2) is 5.82 Å². The zero-order chi connectivity index (χ0) is 11.7. The summed E-state index contributed by atoms with van der Waals surface area (Å²) in [6.07, 6.45) is 8.37. The molecule has 2 heterocycles.